The molecule has 120 valence electrons. The third kappa shape index (κ3) is 3.22. The van der Waals surface area contributed by atoms with Crippen molar-refractivity contribution in [2.45, 2.75) is 45.8 Å². The molecule has 1 aliphatic rings. The highest BCUT2D eigenvalue weighted by molar-refractivity contribution is 6.55. The zero-order valence-electron chi connectivity index (χ0n) is 14.4. The average molecular weight is 303 g/mol. The van der Waals surface area contributed by atoms with Gasteiger partial charge in [-0.15, -0.1) is 0 Å². The summed E-state index contributed by atoms with van der Waals surface area (Å²) in [5.74, 6) is 0.821. The molecule has 0 spiro atoms. The summed E-state index contributed by atoms with van der Waals surface area (Å²) in [6.07, 6.45) is 2.04. The van der Waals surface area contributed by atoms with E-state index < -0.39 is 7.12 Å². The van der Waals surface area contributed by atoms with E-state index in [1.165, 1.54) is 0 Å². The lowest BCUT2D eigenvalue weighted by molar-refractivity contribution is 0.00578. The van der Waals surface area contributed by atoms with Crippen LogP contribution in [0.5, 0.6) is 5.75 Å². The summed E-state index contributed by atoms with van der Waals surface area (Å²) < 4.78 is 17.5. The maximum absolute atomic E-state index is 6.08. The Bertz CT molecular complexity index is 565. The third-order valence-corrected chi connectivity index (χ3v) is 4.62. The Labute approximate surface area is 133 Å². The molecule has 1 heterocycles. The molecule has 0 atom stereocenters. The summed E-state index contributed by atoms with van der Waals surface area (Å²) in [7, 11) is 1.25. The van der Waals surface area contributed by atoms with Crippen LogP contribution in [-0.2, 0) is 9.31 Å². The quantitative estimate of drug-likeness (QED) is 0.869. The van der Waals surface area contributed by atoms with Gasteiger partial charge in [-0.05, 0) is 63.4 Å². The van der Waals surface area contributed by atoms with Crippen LogP contribution >= 0.6 is 0 Å². The van der Waals surface area contributed by atoms with Crippen molar-refractivity contribution in [3.63, 3.8) is 0 Å². The number of hydrogen-bond acceptors (Lipinski definition) is 4. The van der Waals surface area contributed by atoms with E-state index in [0.717, 1.165) is 22.3 Å². The monoisotopic (exact) mass is 303 g/mol. The molecule has 0 unspecified atom stereocenters. The predicted molar refractivity (Wildman–Crippen MR) is 90.8 cm³/mol. The van der Waals surface area contributed by atoms with Gasteiger partial charge < -0.3 is 19.8 Å². The van der Waals surface area contributed by atoms with Crippen molar-refractivity contribution in [1.82, 2.24) is 0 Å². The maximum Gasteiger partial charge on any atom is 0.491 e. The van der Waals surface area contributed by atoms with Crippen LogP contribution in [0.15, 0.2) is 23.7 Å². The van der Waals surface area contributed by atoms with E-state index in [0.29, 0.717) is 6.54 Å². The second kappa shape index (κ2) is 6.07. The highest BCUT2D eigenvalue weighted by Gasteiger charge is 2.52. The fourth-order valence-electron chi connectivity index (χ4n) is 2.32. The molecular formula is C17H26BNO3. The van der Waals surface area contributed by atoms with E-state index >= 15 is 0 Å². The van der Waals surface area contributed by atoms with Crippen LogP contribution in [0.2, 0.25) is 0 Å². The Balaban J connectivity index is 2.33. The minimum Gasteiger partial charge on any atom is -0.497 e. The number of aryl methyl sites for hydroxylation is 1. The molecule has 1 fully saturated rings. The van der Waals surface area contributed by atoms with E-state index in [9.17, 15) is 0 Å². The zero-order chi connectivity index (χ0) is 16.5. The van der Waals surface area contributed by atoms with Gasteiger partial charge >= 0.3 is 7.12 Å². The first-order valence-corrected chi connectivity index (χ1v) is 7.61. The number of nitrogens with two attached hydrogens (primary N) is 1. The molecule has 2 N–H and O–H groups in total. The highest BCUT2D eigenvalue weighted by atomic mass is 16.7. The Morgan fingerprint density at radius 1 is 1.23 bits per heavy atom. The number of benzene rings is 1. The van der Waals surface area contributed by atoms with E-state index in [1.807, 2.05) is 52.0 Å². The van der Waals surface area contributed by atoms with Gasteiger partial charge in [-0.1, -0.05) is 12.1 Å². The molecule has 1 aromatic rings. The van der Waals surface area contributed by atoms with E-state index in [4.69, 9.17) is 19.8 Å². The topological polar surface area (TPSA) is 53.7 Å². The molecule has 4 nitrogen and oxygen atoms in total. The van der Waals surface area contributed by atoms with Crippen LogP contribution in [0.25, 0.3) is 6.08 Å². The minimum atomic E-state index is -0.416. The van der Waals surface area contributed by atoms with Gasteiger partial charge in [0.05, 0.1) is 18.3 Å². The number of ether oxygens (including phenoxy) is 1. The summed E-state index contributed by atoms with van der Waals surface area (Å²) in [5, 5.41) is 0. The highest BCUT2D eigenvalue weighted by Crippen LogP contribution is 2.38. The lowest BCUT2D eigenvalue weighted by atomic mass is 9.77. The van der Waals surface area contributed by atoms with Gasteiger partial charge in [0.15, 0.2) is 0 Å². The maximum atomic E-state index is 6.08. The smallest absolute Gasteiger partial charge is 0.491 e. The lowest BCUT2D eigenvalue weighted by Gasteiger charge is -2.32. The summed E-state index contributed by atoms with van der Waals surface area (Å²) in [5.41, 5.74) is 8.35. The fraction of sp³-hybridized carbons (Fsp3) is 0.529. The van der Waals surface area contributed by atoms with Crippen LogP contribution < -0.4 is 10.5 Å². The van der Waals surface area contributed by atoms with Gasteiger partial charge in [0, 0.05) is 6.54 Å². The first-order chi connectivity index (χ1) is 10.2. The third-order valence-electron chi connectivity index (χ3n) is 4.62. The van der Waals surface area contributed by atoms with Gasteiger partial charge in [-0.3, -0.25) is 0 Å². The van der Waals surface area contributed by atoms with Crippen molar-refractivity contribution in [2.24, 2.45) is 5.73 Å². The Morgan fingerprint density at radius 3 is 2.32 bits per heavy atom. The Hall–Kier alpha value is -1.30. The first-order valence-electron chi connectivity index (χ1n) is 7.61. The second-order valence-electron chi connectivity index (χ2n) is 6.73. The van der Waals surface area contributed by atoms with Gasteiger partial charge in [0.1, 0.15) is 5.75 Å². The van der Waals surface area contributed by atoms with Crippen LogP contribution in [0.4, 0.5) is 0 Å². The van der Waals surface area contributed by atoms with Gasteiger partial charge in [-0.25, -0.2) is 0 Å². The van der Waals surface area contributed by atoms with Gasteiger partial charge in [0.2, 0.25) is 0 Å². The molecule has 0 aromatic heterocycles. The molecule has 1 aliphatic heterocycles. The lowest BCUT2D eigenvalue weighted by Crippen LogP contribution is -2.41. The predicted octanol–water partition coefficient (Wildman–Crippen LogP) is 2.98. The largest absolute Gasteiger partial charge is 0.497 e. The molecule has 0 radical (unpaired) electrons. The van der Waals surface area contributed by atoms with E-state index in [2.05, 4.69) is 6.92 Å². The average Bonchev–Trinajstić information content (AvgIpc) is 2.66. The van der Waals surface area contributed by atoms with Crippen molar-refractivity contribution in [3.05, 3.63) is 34.8 Å². The van der Waals surface area contributed by atoms with Crippen LogP contribution in [0.3, 0.4) is 0 Å². The van der Waals surface area contributed by atoms with Crippen LogP contribution in [0.1, 0.15) is 38.8 Å². The zero-order valence-corrected chi connectivity index (χ0v) is 14.4. The molecular weight excluding hydrogens is 277 g/mol. The molecule has 5 heteroatoms. The summed E-state index contributed by atoms with van der Waals surface area (Å²) >= 11 is 0. The van der Waals surface area contributed by atoms with Gasteiger partial charge in [-0.2, -0.15) is 0 Å². The molecule has 22 heavy (non-hydrogen) atoms. The van der Waals surface area contributed by atoms with Crippen molar-refractivity contribution in [3.8, 4) is 5.75 Å². The van der Waals surface area contributed by atoms with Crippen molar-refractivity contribution >= 4 is 13.2 Å². The van der Waals surface area contributed by atoms with Crippen LogP contribution in [0, 0.1) is 6.92 Å². The summed E-state index contributed by atoms with van der Waals surface area (Å²) in [6.45, 7) is 10.6. The summed E-state index contributed by atoms with van der Waals surface area (Å²) in [4.78, 5) is 0. The molecule has 1 saturated heterocycles. The minimum absolute atomic E-state index is 0.366. The standard InChI is InChI=1S/C17H26BNO3/c1-12-7-8-15(20-6)10-13(12)9-14(11-19)18-21-16(2,3)17(4,5)22-18/h7-10H,11,19H2,1-6H3. The normalized spacial score (nSPS) is 20.3. The molecule has 0 aliphatic carbocycles. The SMILES string of the molecule is COc1ccc(C)c(C=C(CN)B2OC(C)(C)C(C)(C)O2)c1. The number of rotatable bonds is 4. The molecule has 0 bridgehead atoms. The fourth-order valence-corrected chi connectivity index (χ4v) is 2.32. The molecule has 0 amide bonds. The van der Waals surface area contributed by atoms with Crippen LogP contribution in [-0.4, -0.2) is 32.0 Å². The summed E-state index contributed by atoms with van der Waals surface area (Å²) in [6, 6.07) is 5.98. The molecule has 0 saturated carbocycles. The molecule has 2 rings (SSSR count). The Morgan fingerprint density at radius 2 is 1.82 bits per heavy atom. The van der Waals surface area contributed by atoms with E-state index in [1.54, 1.807) is 7.11 Å². The Kier molecular flexibility index (Phi) is 4.71. The van der Waals surface area contributed by atoms with Crippen molar-refractivity contribution < 1.29 is 14.0 Å². The second-order valence-corrected chi connectivity index (χ2v) is 6.73. The van der Waals surface area contributed by atoms with Gasteiger partial charge in [0.25, 0.3) is 0 Å². The molecule has 1 aromatic carbocycles. The first kappa shape index (κ1) is 17.1. The van der Waals surface area contributed by atoms with Crippen molar-refractivity contribution in [1.29, 1.82) is 0 Å². The number of methoxy groups -OCH3 is 1. The number of hydrogen-bond donors (Lipinski definition) is 1. The van der Waals surface area contributed by atoms with Crippen molar-refractivity contribution in [2.75, 3.05) is 13.7 Å². The van der Waals surface area contributed by atoms with E-state index in [-0.39, 0.29) is 11.2 Å².